The van der Waals surface area contributed by atoms with E-state index < -0.39 is 0 Å². The first-order valence-electron chi connectivity index (χ1n) is 1.53. The average Bonchev–Trinajstić information content (AvgIpc) is 1.41. The van der Waals surface area contributed by atoms with Crippen LogP contribution in [-0.4, -0.2) is 16.9 Å². The fraction of sp³-hybridized carbons (Fsp3) is 0.500. The fourth-order valence-electron chi connectivity index (χ4n) is 0.0791. The number of hydrogen-bond acceptors (Lipinski definition) is 0. The molecule has 0 N–H and O–H groups in total. The van der Waals surface area contributed by atoms with E-state index in [9.17, 15) is 0 Å². The molecule has 0 heterocycles. The Hall–Kier alpha value is 0.118. The predicted molar refractivity (Wildman–Crippen MR) is 23.8 cm³/mol. The number of hydrogen-bond donors (Lipinski definition) is 0. The molecule has 1 heteroatoms. The zero-order valence-electron chi connectivity index (χ0n) is 3.15. The molecule has 0 aliphatic heterocycles. The van der Waals surface area contributed by atoms with E-state index in [1.54, 1.807) is 0 Å². The van der Waals surface area contributed by atoms with Crippen LogP contribution in [0.5, 0.6) is 0 Å². The molecular weight excluding hydrogens is 123 g/mol. The van der Waals surface area contributed by atoms with Gasteiger partial charge in [-0.25, -0.2) is 0 Å². The summed E-state index contributed by atoms with van der Waals surface area (Å²) >= 11 is 2.22. The molecule has 0 atom stereocenters. The van der Waals surface area contributed by atoms with Gasteiger partial charge >= 0.3 is 40.8 Å². The molecule has 0 saturated carbocycles. The molecule has 26 valence electrons. The predicted octanol–water partition coefficient (Wildman–Crippen LogP) is 0.526. The minimum absolute atomic E-state index is 0.967. The maximum atomic E-state index is 2.83. The van der Waals surface area contributed by atoms with Crippen LogP contribution in [0, 0.1) is 10.6 Å². The Labute approximate surface area is 41.5 Å². The van der Waals surface area contributed by atoms with Crippen LogP contribution >= 0.6 is 0 Å². The molecule has 0 bridgehead atoms. The number of rotatable bonds is 0. The molecule has 0 rings (SSSR count). The van der Waals surface area contributed by atoms with Gasteiger partial charge < -0.3 is 0 Å². The van der Waals surface area contributed by atoms with Gasteiger partial charge in [0.2, 0.25) is 0 Å². The van der Waals surface area contributed by atoms with Crippen LogP contribution in [0.25, 0.3) is 0 Å². The zero-order chi connectivity index (χ0) is 4.12. The van der Waals surface area contributed by atoms with E-state index in [2.05, 4.69) is 27.5 Å². The van der Waals surface area contributed by atoms with Crippen LogP contribution in [0.3, 0.4) is 0 Å². The normalized spacial score (nSPS) is 5.20. The van der Waals surface area contributed by atoms with Crippen molar-refractivity contribution in [2.75, 3.05) is 0 Å². The van der Waals surface area contributed by atoms with Crippen molar-refractivity contribution < 1.29 is 0 Å². The van der Waals surface area contributed by atoms with E-state index in [0.29, 0.717) is 0 Å². The molecule has 5 heavy (non-hydrogen) atoms. The van der Waals surface area contributed by atoms with Crippen molar-refractivity contribution in [2.24, 2.45) is 0 Å². The van der Waals surface area contributed by atoms with Crippen molar-refractivity contribution in [1.82, 2.24) is 0 Å². The van der Waals surface area contributed by atoms with Gasteiger partial charge in [0.1, 0.15) is 0 Å². The van der Waals surface area contributed by atoms with Gasteiger partial charge in [-0.05, 0) is 0 Å². The van der Waals surface area contributed by atoms with E-state index in [1.165, 1.54) is 0 Å². The molecule has 0 unspecified atom stereocenters. The minimum atomic E-state index is 0.967. The van der Waals surface area contributed by atoms with E-state index in [1.807, 2.05) is 6.92 Å². The summed E-state index contributed by atoms with van der Waals surface area (Å²) in [4.78, 5) is 0. The first-order chi connectivity index (χ1) is 2.41. The van der Waals surface area contributed by atoms with Gasteiger partial charge in [0.15, 0.2) is 0 Å². The third-order valence-electron chi connectivity index (χ3n) is 0.256. The second-order valence-electron chi connectivity index (χ2n) is 0.642. The van der Waals surface area contributed by atoms with Gasteiger partial charge in [-0.15, -0.1) is 0 Å². The van der Waals surface area contributed by atoms with Gasteiger partial charge in [-0.3, -0.25) is 0 Å². The van der Waals surface area contributed by atoms with Crippen molar-refractivity contribution in [1.29, 1.82) is 0 Å². The molecule has 0 spiro atoms. The summed E-state index contributed by atoms with van der Waals surface area (Å²) in [6.45, 7) is 2.03. The van der Waals surface area contributed by atoms with Gasteiger partial charge in [-0.1, -0.05) is 0 Å². The van der Waals surface area contributed by atoms with Crippen LogP contribution in [0.15, 0.2) is 0 Å². The van der Waals surface area contributed by atoms with E-state index in [-0.39, 0.29) is 0 Å². The standard InChI is InChI=1S/C4H5As/c1-2-3-4-5/h2H2,1H3. The Bertz CT molecular complexity index is 55.8. The van der Waals surface area contributed by atoms with Gasteiger partial charge in [0, 0.05) is 0 Å². The van der Waals surface area contributed by atoms with E-state index in [4.69, 9.17) is 0 Å². The van der Waals surface area contributed by atoms with Crippen LogP contribution in [0.1, 0.15) is 13.3 Å². The maximum absolute atomic E-state index is 2.83. The Morgan fingerprint density at radius 1 is 1.80 bits per heavy atom. The summed E-state index contributed by atoms with van der Waals surface area (Å²) in [5.41, 5.74) is 0. The summed E-state index contributed by atoms with van der Waals surface area (Å²) in [6, 6.07) is 0. The third-order valence-corrected chi connectivity index (χ3v) is 0.588. The second kappa shape index (κ2) is 4.12. The van der Waals surface area contributed by atoms with Crippen LogP contribution in [0.4, 0.5) is 0 Å². The van der Waals surface area contributed by atoms with Gasteiger partial charge in [0.05, 0.1) is 0 Å². The molecule has 0 amide bonds. The molecule has 0 aromatic carbocycles. The van der Waals surface area contributed by atoms with Crippen molar-refractivity contribution >= 4 is 16.9 Å². The van der Waals surface area contributed by atoms with Crippen molar-refractivity contribution in [3.05, 3.63) is 0 Å². The summed E-state index contributed by atoms with van der Waals surface area (Å²) in [7, 11) is 0. The molecule has 0 aliphatic rings. The topological polar surface area (TPSA) is 0 Å². The SMILES string of the molecule is CCC#C[As]. The zero-order valence-corrected chi connectivity index (χ0v) is 5.03. The summed E-state index contributed by atoms with van der Waals surface area (Å²) in [6.07, 6.45) is 0.967. The molecule has 2 radical (unpaired) electrons. The molecular formula is C4H5As. The van der Waals surface area contributed by atoms with E-state index in [0.717, 1.165) is 6.42 Å². The monoisotopic (exact) mass is 128 g/mol. The third kappa shape index (κ3) is 4.12. The Morgan fingerprint density at radius 3 is 2.40 bits per heavy atom. The first-order valence-corrected chi connectivity index (χ1v) is 2.47. The molecule has 0 saturated heterocycles. The molecule has 0 nitrogen and oxygen atoms in total. The molecule has 0 aromatic heterocycles. The van der Waals surface area contributed by atoms with Crippen LogP contribution in [-0.2, 0) is 0 Å². The van der Waals surface area contributed by atoms with Crippen LogP contribution < -0.4 is 0 Å². The first kappa shape index (κ1) is 5.12. The average molecular weight is 128 g/mol. The Morgan fingerprint density at radius 2 is 2.40 bits per heavy atom. The van der Waals surface area contributed by atoms with Crippen LogP contribution in [0.2, 0.25) is 0 Å². The summed E-state index contributed by atoms with van der Waals surface area (Å²) < 4.78 is 2.70. The van der Waals surface area contributed by atoms with Gasteiger partial charge in [-0.2, -0.15) is 0 Å². The second-order valence-corrected chi connectivity index (χ2v) is 1.11. The Balaban J connectivity index is 2.81. The fourth-order valence-corrected chi connectivity index (χ4v) is 0.411. The molecule has 0 fully saturated rings. The molecule has 0 aliphatic carbocycles. The Kier molecular flexibility index (Phi) is 4.22. The quantitative estimate of drug-likeness (QED) is 0.329. The molecule has 0 aromatic rings. The van der Waals surface area contributed by atoms with Gasteiger partial charge in [0.25, 0.3) is 0 Å². The summed E-state index contributed by atoms with van der Waals surface area (Å²) in [5, 5.41) is 0. The van der Waals surface area contributed by atoms with Crippen molar-refractivity contribution in [3.8, 4) is 10.6 Å². The summed E-state index contributed by atoms with van der Waals surface area (Å²) in [5.74, 6) is 2.83. The van der Waals surface area contributed by atoms with E-state index >= 15 is 0 Å². The van der Waals surface area contributed by atoms with Crippen molar-refractivity contribution in [2.45, 2.75) is 13.3 Å². The van der Waals surface area contributed by atoms with Crippen molar-refractivity contribution in [3.63, 3.8) is 0 Å².